The van der Waals surface area contributed by atoms with Crippen LogP contribution in [-0.2, 0) is 9.53 Å². The highest BCUT2D eigenvalue weighted by molar-refractivity contribution is 7.99. The minimum absolute atomic E-state index is 0.402. The summed E-state index contributed by atoms with van der Waals surface area (Å²) in [6, 6.07) is -0.894. The molecular formula is C15H29NO4S. The van der Waals surface area contributed by atoms with Crippen molar-refractivity contribution in [2.75, 3.05) is 11.5 Å². The van der Waals surface area contributed by atoms with Gasteiger partial charge in [0.1, 0.15) is 11.6 Å². The van der Waals surface area contributed by atoms with Crippen LogP contribution < -0.4 is 5.32 Å². The maximum atomic E-state index is 11.6. The number of ether oxygens (including phenoxy) is 1. The molecule has 21 heavy (non-hydrogen) atoms. The number of hydrogen-bond donors (Lipinski definition) is 2. The molecule has 6 heteroatoms. The topological polar surface area (TPSA) is 75.6 Å². The second-order valence-electron chi connectivity index (χ2n) is 6.08. The molecule has 0 aliphatic heterocycles. The Morgan fingerprint density at radius 2 is 1.81 bits per heavy atom. The SMILES string of the molecule is CCC(CC)CSCCC(NC(=O)OC(C)(C)C)C(=O)O. The number of carbonyl (C=O) groups excluding carboxylic acids is 1. The molecule has 0 aromatic heterocycles. The fourth-order valence-electron chi connectivity index (χ4n) is 1.68. The maximum Gasteiger partial charge on any atom is 0.408 e. The van der Waals surface area contributed by atoms with Crippen LogP contribution in [0, 0.1) is 5.92 Å². The molecule has 0 bridgehead atoms. The summed E-state index contributed by atoms with van der Waals surface area (Å²) < 4.78 is 5.08. The molecule has 0 aromatic carbocycles. The van der Waals surface area contributed by atoms with Crippen molar-refractivity contribution in [1.29, 1.82) is 0 Å². The molecule has 0 saturated carbocycles. The molecule has 1 atom stereocenters. The molecule has 0 rings (SSSR count). The number of amides is 1. The first-order valence-electron chi connectivity index (χ1n) is 7.49. The molecule has 0 aliphatic carbocycles. The van der Waals surface area contributed by atoms with Gasteiger partial charge in [-0.1, -0.05) is 26.7 Å². The molecule has 1 amide bonds. The number of hydrogen-bond acceptors (Lipinski definition) is 4. The average molecular weight is 319 g/mol. The summed E-state index contributed by atoms with van der Waals surface area (Å²) in [5.41, 5.74) is -0.628. The third kappa shape index (κ3) is 10.5. The van der Waals surface area contributed by atoms with E-state index < -0.39 is 23.7 Å². The van der Waals surface area contributed by atoms with E-state index in [4.69, 9.17) is 9.84 Å². The Kier molecular flexibility index (Phi) is 9.49. The van der Waals surface area contributed by atoms with Crippen molar-refractivity contribution >= 4 is 23.8 Å². The van der Waals surface area contributed by atoms with Gasteiger partial charge in [-0.25, -0.2) is 9.59 Å². The van der Waals surface area contributed by atoms with Crippen LogP contribution in [0.5, 0.6) is 0 Å². The van der Waals surface area contributed by atoms with Gasteiger partial charge in [-0.05, 0) is 44.6 Å². The molecule has 5 nitrogen and oxygen atoms in total. The van der Waals surface area contributed by atoms with E-state index in [9.17, 15) is 9.59 Å². The molecule has 0 saturated heterocycles. The third-order valence-corrected chi connectivity index (χ3v) is 4.28. The lowest BCUT2D eigenvalue weighted by atomic mass is 10.1. The smallest absolute Gasteiger partial charge is 0.408 e. The second-order valence-corrected chi connectivity index (χ2v) is 7.23. The number of carboxylic acid groups (broad SMARTS) is 1. The Morgan fingerprint density at radius 3 is 2.24 bits per heavy atom. The summed E-state index contributed by atoms with van der Waals surface area (Å²) in [4.78, 5) is 22.8. The van der Waals surface area contributed by atoms with E-state index in [1.54, 1.807) is 32.5 Å². The van der Waals surface area contributed by atoms with E-state index in [0.717, 1.165) is 18.6 Å². The molecule has 0 aliphatic rings. The monoisotopic (exact) mass is 319 g/mol. The zero-order valence-electron chi connectivity index (χ0n) is 13.8. The lowest BCUT2D eigenvalue weighted by molar-refractivity contribution is -0.139. The van der Waals surface area contributed by atoms with E-state index in [0.29, 0.717) is 18.1 Å². The highest BCUT2D eigenvalue weighted by Gasteiger charge is 2.23. The van der Waals surface area contributed by atoms with Gasteiger partial charge in [-0.2, -0.15) is 11.8 Å². The number of carboxylic acids is 1. The Morgan fingerprint density at radius 1 is 1.24 bits per heavy atom. The molecule has 0 fully saturated rings. The average Bonchev–Trinajstić information content (AvgIpc) is 2.35. The van der Waals surface area contributed by atoms with E-state index in [-0.39, 0.29) is 0 Å². The van der Waals surface area contributed by atoms with E-state index in [1.165, 1.54) is 0 Å². The summed E-state index contributed by atoms with van der Waals surface area (Å²) in [6.07, 6.45) is 2.00. The van der Waals surface area contributed by atoms with Crippen LogP contribution in [0.1, 0.15) is 53.9 Å². The van der Waals surface area contributed by atoms with Gasteiger partial charge in [0.05, 0.1) is 0 Å². The minimum Gasteiger partial charge on any atom is -0.480 e. The Balaban J connectivity index is 4.14. The molecule has 2 N–H and O–H groups in total. The summed E-state index contributed by atoms with van der Waals surface area (Å²) in [6.45, 7) is 9.56. The van der Waals surface area contributed by atoms with Crippen molar-refractivity contribution in [2.24, 2.45) is 5.92 Å². The highest BCUT2D eigenvalue weighted by atomic mass is 32.2. The quantitative estimate of drug-likeness (QED) is 0.636. The summed E-state index contributed by atoms with van der Waals surface area (Å²) in [5.74, 6) is 1.40. The van der Waals surface area contributed by atoms with Gasteiger partial charge in [-0.15, -0.1) is 0 Å². The van der Waals surface area contributed by atoms with Gasteiger partial charge in [0, 0.05) is 0 Å². The van der Waals surface area contributed by atoms with Gasteiger partial charge in [0.2, 0.25) is 0 Å². The van der Waals surface area contributed by atoms with E-state index in [1.807, 2.05) is 0 Å². The Labute approximate surface area is 132 Å². The molecule has 124 valence electrons. The lowest BCUT2D eigenvalue weighted by Crippen LogP contribution is -2.43. The zero-order valence-corrected chi connectivity index (χ0v) is 14.6. The van der Waals surface area contributed by atoms with Crippen LogP contribution in [-0.4, -0.2) is 40.3 Å². The predicted molar refractivity (Wildman–Crippen MR) is 86.8 cm³/mol. The third-order valence-electron chi connectivity index (χ3n) is 3.05. The number of carbonyl (C=O) groups is 2. The largest absolute Gasteiger partial charge is 0.480 e. The van der Waals surface area contributed by atoms with Crippen molar-refractivity contribution in [3.63, 3.8) is 0 Å². The molecule has 1 unspecified atom stereocenters. The van der Waals surface area contributed by atoms with Crippen LogP contribution in [0.4, 0.5) is 4.79 Å². The number of nitrogens with one attached hydrogen (secondary N) is 1. The maximum absolute atomic E-state index is 11.6. The number of thioether (sulfide) groups is 1. The van der Waals surface area contributed by atoms with Crippen LogP contribution >= 0.6 is 11.8 Å². The van der Waals surface area contributed by atoms with Gasteiger partial charge >= 0.3 is 12.1 Å². The second kappa shape index (κ2) is 9.92. The molecule has 0 aromatic rings. The fourth-order valence-corrected chi connectivity index (χ4v) is 3.06. The lowest BCUT2D eigenvalue weighted by Gasteiger charge is -2.22. The van der Waals surface area contributed by atoms with Crippen molar-refractivity contribution < 1.29 is 19.4 Å². The number of aliphatic carboxylic acids is 1. The number of alkyl carbamates (subject to hydrolysis) is 1. The molecule has 0 spiro atoms. The Bertz CT molecular complexity index is 324. The highest BCUT2D eigenvalue weighted by Crippen LogP contribution is 2.16. The summed E-state index contributed by atoms with van der Waals surface area (Å²) in [5, 5.41) is 11.6. The predicted octanol–water partition coefficient (Wildman–Crippen LogP) is 3.52. The van der Waals surface area contributed by atoms with Crippen molar-refractivity contribution in [3.8, 4) is 0 Å². The molecular weight excluding hydrogens is 290 g/mol. The van der Waals surface area contributed by atoms with Gasteiger partial charge in [0.25, 0.3) is 0 Å². The van der Waals surface area contributed by atoms with Crippen molar-refractivity contribution in [1.82, 2.24) is 5.32 Å². The van der Waals surface area contributed by atoms with Crippen LogP contribution in [0.25, 0.3) is 0 Å². The minimum atomic E-state index is -1.02. The van der Waals surface area contributed by atoms with Gasteiger partial charge in [0.15, 0.2) is 0 Å². The normalized spacial score (nSPS) is 13.0. The van der Waals surface area contributed by atoms with E-state index in [2.05, 4.69) is 19.2 Å². The van der Waals surface area contributed by atoms with Crippen molar-refractivity contribution in [3.05, 3.63) is 0 Å². The van der Waals surface area contributed by atoms with Crippen LogP contribution in [0.3, 0.4) is 0 Å². The van der Waals surface area contributed by atoms with E-state index >= 15 is 0 Å². The standard InChI is InChI=1S/C15H29NO4S/c1-6-11(7-2)10-21-9-8-12(13(17)18)16-14(19)20-15(3,4)5/h11-12H,6-10H2,1-5H3,(H,16,19)(H,17,18). The summed E-state index contributed by atoms with van der Waals surface area (Å²) in [7, 11) is 0. The Hall–Kier alpha value is -0.910. The van der Waals surface area contributed by atoms with Crippen LogP contribution in [0.2, 0.25) is 0 Å². The summed E-state index contributed by atoms with van der Waals surface area (Å²) >= 11 is 1.74. The molecule has 0 radical (unpaired) electrons. The zero-order chi connectivity index (χ0) is 16.5. The van der Waals surface area contributed by atoms with Crippen molar-refractivity contribution in [2.45, 2.75) is 65.5 Å². The fraction of sp³-hybridized carbons (Fsp3) is 0.867. The van der Waals surface area contributed by atoms with Gasteiger partial charge < -0.3 is 15.2 Å². The first kappa shape index (κ1) is 20.1. The first-order chi connectivity index (χ1) is 9.69. The van der Waals surface area contributed by atoms with Crippen LogP contribution in [0.15, 0.2) is 0 Å². The number of rotatable bonds is 9. The van der Waals surface area contributed by atoms with Gasteiger partial charge in [-0.3, -0.25) is 0 Å². The molecule has 0 heterocycles. The first-order valence-corrected chi connectivity index (χ1v) is 8.65.